The van der Waals surface area contributed by atoms with Crippen LogP contribution in [0.25, 0.3) is 0 Å². The Bertz CT molecular complexity index is 420. The number of fused-ring (bicyclic) bond motifs is 9. The molecule has 3 heteroatoms. The van der Waals surface area contributed by atoms with E-state index in [9.17, 15) is 9.90 Å². The van der Waals surface area contributed by atoms with Gasteiger partial charge in [0.25, 0.3) is 0 Å². The SMILES string of the molecule is CCC1(OC(C)=O)CC2CC1C1C3CC(O)C(C3)C21. The second-order valence-corrected chi connectivity index (χ2v) is 7.44. The van der Waals surface area contributed by atoms with Gasteiger partial charge in [-0.15, -0.1) is 0 Å². The first-order chi connectivity index (χ1) is 9.05. The molecule has 4 bridgehead atoms. The van der Waals surface area contributed by atoms with Gasteiger partial charge in [0.2, 0.25) is 0 Å². The van der Waals surface area contributed by atoms with Gasteiger partial charge in [-0.2, -0.15) is 0 Å². The molecule has 8 unspecified atom stereocenters. The molecule has 0 aliphatic heterocycles. The van der Waals surface area contributed by atoms with E-state index in [1.165, 1.54) is 12.8 Å². The van der Waals surface area contributed by atoms with Gasteiger partial charge in [-0.25, -0.2) is 0 Å². The minimum Gasteiger partial charge on any atom is -0.459 e. The van der Waals surface area contributed by atoms with E-state index in [0.717, 1.165) is 31.1 Å². The largest absolute Gasteiger partial charge is 0.459 e. The Balaban J connectivity index is 1.65. The third kappa shape index (κ3) is 1.40. The van der Waals surface area contributed by atoms with Crippen molar-refractivity contribution in [2.75, 3.05) is 0 Å². The number of carbonyl (C=O) groups excluding carboxylic acids is 1. The van der Waals surface area contributed by atoms with E-state index in [1.54, 1.807) is 6.92 Å². The molecule has 4 aliphatic carbocycles. The van der Waals surface area contributed by atoms with Gasteiger partial charge in [-0.1, -0.05) is 6.92 Å². The molecular weight excluding hydrogens is 240 g/mol. The maximum Gasteiger partial charge on any atom is 0.303 e. The lowest BCUT2D eigenvalue weighted by molar-refractivity contribution is -0.171. The van der Waals surface area contributed by atoms with E-state index >= 15 is 0 Å². The van der Waals surface area contributed by atoms with Crippen molar-refractivity contribution < 1.29 is 14.6 Å². The predicted octanol–water partition coefficient (Wildman–Crippen LogP) is 2.37. The Labute approximate surface area is 114 Å². The second kappa shape index (κ2) is 3.75. The number of hydrogen-bond acceptors (Lipinski definition) is 3. The van der Waals surface area contributed by atoms with Crippen molar-refractivity contribution in [1.29, 1.82) is 0 Å². The minimum atomic E-state index is -0.174. The summed E-state index contributed by atoms with van der Waals surface area (Å²) in [5.74, 6) is 3.85. The lowest BCUT2D eigenvalue weighted by Gasteiger charge is -2.46. The van der Waals surface area contributed by atoms with Crippen molar-refractivity contribution in [1.82, 2.24) is 0 Å². The van der Waals surface area contributed by atoms with Crippen LogP contribution in [0.2, 0.25) is 0 Å². The molecule has 0 aromatic rings. The number of hydrogen-bond donors (Lipinski definition) is 1. The summed E-state index contributed by atoms with van der Waals surface area (Å²) in [5.41, 5.74) is -0.174. The maximum absolute atomic E-state index is 11.5. The maximum atomic E-state index is 11.5. The van der Waals surface area contributed by atoms with Gasteiger partial charge >= 0.3 is 5.97 Å². The molecule has 3 nitrogen and oxygen atoms in total. The fourth-order valence-corrected chi connectivity index (χ4v) is 6.58. The number of aliphatic hydroxyl groups is 1. The van der Waals surface area contributed by atoms with E-state index in [4.69, 9.17) is 4.74 Å². The van der Waals surface area contributed by atoms with Gasteiger partial charge in [-0.3, -0.25) is 4.79 Å². The van der Waals surface area contributed by atoms with Crippen LogP contribution in [0.3, 0.4) is 0 Å². The van der Waals surface area contributed by atoms with Gasteiger partial charge in [0.15, 0.2) is 0 Å². The molecule has 4 saturated carbocycles. The summed E-state index contributed by atoms with van der Waals surface area (Å²) >= 11 is 0. The van der Waals surface area contributed by atoms with E-state index in [0.29, 0.717) is 23.7 Å². The van der Waals surface area contributed by atoms with Gasteiger partial charge < -0.3 is 9.84 Å². The van der Waals surface area contributed by atoms with Gasteiger partial charge in [0, 0.05) is 12.8 Å². The Kier molecular flexibility index (Phi) is 2.41. The first-order valence-electron chi connectivity index (χ1n) is 7.93. The molecule has 0 heterocycles. The van der Waals surface area contributed by atoms with Crippen molar-refractivity contribution in [2.24, 2.45) is 35.5 Å². The molecule has 0 aromatic carbocycles. The van der Waals surface area contributed by atoms with Gasteiger partial charge in [0.1, 0.15) is 5.60 Å². The van der Waals surface area contributed by atoms with Crippen LogP contribution in [-0.4, -0.2) is 22.8 Å². The van der Waals surface area contributed by atoms with Crippen LogP contribution in [0.5, 0.6) is 0 Å². The molecule has 4 rings (SSSR count). The lowest BCUT2D eigenvalue weighted by Crippen LogP contribution is -2.48. The Morgan fingerprint density at radius 2 is 2.05 bits per heavy atom. The van der Waals surface area contributed by atoms with Crippen LogP contribution >= 0.6 is 0 Å². The molecule has 106 valence electrons. The van der Waals surface area contributed by atoms with Crippen LogP contribution in [0, 0.1) is 35.5 Å². The molecule has 0 spiro atoms. The minimum absolute atomic E-state index is 0.0460. The first-order valence-corrected chi connectivity index (χ1v) is 7.93. The zero-order chi connectivity index (χ0) is 13.4. The normalized spacial score (nSPS) is 57.5. The summed E-state index contributed by atoms with van der Waals surface area (Å²) < 4.78 is 5.82. The quantitative estimate of drug-likeness (QED) is 0.615. The molecule has 4 fully saturated rings. The topological polar surface area (TPSA) is 46.5 Å². The molecule has 0 saturated heterocycles. The van der Waals surface area contributed by atoms with Crippen molar-refractivity contribution in [3.05, 3.63) is 0 Å². The highest BCUT2D eigenvalue weighted by molar-refractivity contribution is 5.66. The van der Waals surface area contributed by atoms with Crippen LogP contribution < -0.4 is 0 Å². The summed E-state index contributed by atoms with van der Waals surface area (Å²) in [6.07, 6.45) is 5.41. The summed E-state index contributed by atoms with van der Waals surface area (Å²) in [5, 5.41) is 10.1. The molecule has 1 N–H and O–H groups in total. The predicted molar refractivity (Wildman–Crippen MR) is 70.2 cm³/mol. The van der Waals surface area contributed by atoms with E-state index in [2.05, 4.69) is 6.92 Å². The molecule has 19 heavy (non-hydrogen) atoms. The first kappa shape index (κ1) is 12.2. The highest BCUT2D eigenvalue weighted by Gasteiger charge is 2.69. The fraction of sp³-hybridized carbons (Fsp3) is 0.938. The third-order valence-electron chi connectivity index (χ3n) is 6.89. The lowest BCUT2D eigenvalue weighted by atomic mass is 9.64. The molecule has 4 aliphatic rings. The van der Waals surface area contributed by atoms with Crippen LogP contribution in [0.4, 0.5) is 0 Å². The molecule has 0 aromatic heterocycles. The number of aliphatic hydroxyl groups excluding tert-OH is 1. The van der Waals surface area contributed by atoms with E-state index in [-0.39, 0.29) is 17.7 Å². The Morgan fingerprint density at radius 3 is 2.74 bits per heavy atom. The fourth-order valence-electron chi connectivity index (χ4n) is 6.58. The summed E-state index contributed by atoms with van der Waals surface area (Å²) in [6, 6.07) is 0. The number of ether oxygens (including phenoxy) is 1. The zero-order valence-corrected chi connectivity index (χ0v) is 11.8. The zero-order valence-electron chi connectivity index (χ0n) is 11.8. The molecule has 8 atom stereocenters. The third-order valence-corrected chi connectivity index (χ3v) is 6.89. The van der Waals surface area contributed by atoms with Crippen LogP contribution in [0.1, 0.15) is 46.0 Å². The van der Waals surface area contributed by atoms with E-state index in [1.807, 2.05) is 0 Å². The number of carbonyl (C=O) groups is 1. The van der Waals surface area contributed by atoms with Crippen molar-refractivity contribution in [3.63, 3.8) is 0 Å². The average molecular weight is 264 g/mol. The smallest absolute Gasteiger partial charge is 0.303 e. The van der Waals surface area contributed by atoms with Crippen LogP contribution in [0.15, 0.2) is 0 Å². The molecule has 0 amide bonds. The van der Waals surface area contributed by atoms with Crippen molar-refractivity contribution in [3.8, 4) is 0 Å². The van der Waals surface area contributed by atoms with Gasteiger partial charge in [-0.05, 0) is 61.7 Å². The molecular formula is C16H24O3. The summed E-state index contributed by atoms with van der Waals surface area (Å²) in [6.45, 7) is 3.71. The van der Waals surface area contributed by atoms with Crippen molar-refractivity contribution >= 4 is 5.97 Å². The monoisotopic (exact) mass is 264 g/mol. The Morgan fingerprint density at radius 1 is 1.26 bits per heavy atom. The average Bonchev–Trinajstić information content (AvgIpc) is 3.03. The van der Waals surface area contributed by atoms with E-state index < -0.39 is 0 Å². The van der Waals surface area contributed by atoms with Crippen LogP contribution in [-0.2, 0) is 9.53 Å². The van der Waals surface area contributed by atoms with Gasteiger partial charge in [0.05, 0.1) is 6.10 Å². The highest BCUT2D eigenvalue weighted by Crippen LogP contribution is 2.70. The summed E-state index contributed by atoms with van der Waals surface area (Å²) in [4.78, 5) is 11.5. The second-order valence-electron chi connectivity index (χ2n) is 7.44. The number of rotatable bonds is 2. The highest BCUT2D eigenvalue weighted by atomic mass is 16.6. The summed E-state index contributed by atoms with van der Waals surface area (Å²) in [7, 11) is 0. The molecule has 0 radical (unpaired) electrons. The Hall–Kier alpha value is -0.570. The standard InChI is InChI=1S/C16H24O3/c1-3-16(19-8(2)17)7-10-5-12(16)15-9-4-11(14(10)15)13(18)6-9/h9-15,18H,3-7H2,1-2H3. The number of esters is 1. The van der Waals surface area contributed by atoms with Crippen molar-refractivity contribution in [2.45, 2.75) is 57.7 Å².